The summed E-state index contributed by atoms with van der Waals surface area (Å²) in [6, 6.07) is 5.32. The van der Waals surface area contributed by atoms with Crippen LogP contribution in [0.2, 0.25) is 0 Å². The standard InChI is InChI=1S/C20H34N4OS/c1-15-6-8-17(9-7-15)23-20(21-3)22-13-18(19-5-4-12-26-19)24-10-11-25-16(2)14-24/h4-5,12,15-18H,6-11,13-14H2,1-3H3,(H2,21,22,23). The summed E-state index contributed by atoms with van der Waals surface area (Å²) in [4.78, 5) is 8.42. The van der Waals surface area contributed by atoms with Gasteiger partial charge in [-0.1, -0.05) is 13.0 Å². The Labute approximate surface area is 162 Å². The van der Waals surface area contributed by atoms with E-state index in [0.29, 0.717) is 18.2 Å². The quantitative estimate of drug-likeness (QED) is 0.610. The molecule has 1 aliphatic carbocycles. The summed E-state index contributed by atoms with van der Waals surface area (Å²) >= 11 is 1.84. The molecule has 0 spiro atoms. The molecule has 1 aromatic rings. The fourth-order valence-corrected chi connectivity index (χ4v) is 4.87. The van der Waals surface area contributed by atoms with Crippen LogP contribution in [0.25, 0.3) is 0 Å². The van der Waals surface area contributed by atoms with Gasteiger partial charge < -0.3 is 15.4 Å². The van der Waals surface area contributed by atoms with Crippen molar-refractivity contribution in [3.63, 3.8) is 0 Å². The second kappa shape index (κ2) is 9.72. The van der Waals surface area contributed by atoms with Crippen LogP contribution in [0, 0.1) is 5.92 Å². The first-order valence-corrected chi connectivity index (χ1v) is 10.9. The van der Waals surface area contributed by atoms with Gasteiger partial charge in [0.25, 0.3) is 0 Å². The van der Waals surface area contributed by atoms with Gasteiger partial charge in [-0.05, 0) is 50.0 Å². The summed E-state index contributed by atoms with van der Waals surface area (Å²) in [5, 5.41) is 9.40. The van der Waals surface area contributed by atoms with Crippen LogP contribution in [0.3, 0.4) is 0 Å². The van der Waals surface area contributed by atoms with Crippen LogP contribution in [0.1, 0.15) is 50.4 Å². The Bertz CT molecular complexity index is 554. The Morgan fingerprint density at radius 3 is 2.81 bits per heavy atom. The minimum absolute atomic E-state index is 0.299. The van der Waals surface area contributed by atoms with Crippen LogP contribution < -0.4 is 10.6 Å². The molecule has 3 rings (SSSR count). The van der Waals surface area contributed by atoms with Crippen molar-refractivity contribution >= 4 is 17.3 Å². The first kappa shape index (κ1) is 19.6. The normalized spacial score (nSPS) is 29.3. The molecule has 2 fully saturated rings. The van der Waals surface area contributed by atoms with E-state index in [2.05, 4.69) is 51.9 Å². The van der Waals surface area contributed by atoms with Crippen molar-refractivity contribution in [1.29, 1.82) is 0 Å². The maximum absolute atomic E-state index is 5.74. The first-order chi connectivity index (χ1) is 12.7. The van der Waals surface area contributed by atoms with Crippen molar-refractivity contribution in [2.75, 3.05) is 33.3 Å². The van der Waals surface area contributed by atoms with Gasteiger partial charge in [-0.25, -0.2) is 0 Å². The molecule has 1 aromatic heterocycles. The van der Waals surface area contributed by atoms with Crippen molar-refractivity contribution < 1.29 is 4.74 Å². The third kappa shape index (κ3) is 5.44. The molecular weight excluding hydrogens is 344 g/mol. The SMILES string of the molecule is CN=C(NCC(c1cccs1)N1CCOC(C)C1)NC1CCC(C)CC1. The van der Waals surface area contributed by atoms with Crippen LogP contribution >= 0.6 is 11.3 Å². The highest BCUT2D eigenvalue weighted by Crippen LogP contribution is 2.27. The van der Waals surface area contributed by atoms with Gasteiger partial charge in [0.05, 0.1) is 18.8 Å². The predicted molar refractivity (Wildman–Crippen MR) is 110 cm³/mol. The average Bonchev–Trinajstić information content (AvgIpc) is 3.17. The van der Waals surface area contributed by atoms with Crippen LogP contribution in [-0.2, 0) is 4.74 Å². The van der Waals surface area contributed by atoms with Gasteiger partial charge in [0, 0.05) is 37.6 Å². The lowest BCUT2D eigenvalue weighted by Gasteiger charge is -2.37. The number of aliphatic imine (C=N–C) groups is 1. The van der Waals surface area contributed by atoms with Crippen LogP contribution in [-0.4, -0.2) is 56.3 Å². The molecule has 2 unspecified atom stereocenters. The average molecular weight is 379 g/mol. The number of rotatable bonds is 5. The number of thiophene rings is 1. The first-order valence-electron chi connectivity index (χ1n) is 10.0. The zero-order valence-corrected chi connectivity index (χ0v) is 17.2. The lowest BCUT2D eigenvalue weighted by atomic mass is 9.87. The maximum atomic E-state index is 5.74. The topological polar surface area (TPSA) is 48.9 Å². The third-order valence-corrected chi connectivity index (χ3v) is 6.60. The molecule has 0 radical (unpaired) electrons. The zero-order chi connectivity index (χ0) is 18.4. The Morgan fingerprint density at radius 1 is 1.35 bits per heavy atom. The van der Waals surface area contributed by atoms with Crippen LogP contribution in [0.15, 0.2) is 22.5 Å². The molecule has 26 heavy (non-hydrogen) atoms. The van der Waals surface area contributed by atoms with E-state index in [1.165, 1.54) is 30.6 Å². The third-order valence-electron chi connectivity index (χ3n) is 5.63. The number of nitrogens with one attached hydrogen (secondary N) is 2. The van der Waals surface area contributed by atoms with Gasteiger partial charge >= 0.3 is 0 Å². The summed E-state index contributed by atoms with van der Waals surface area (Å²) in [6.07, 6.45) is 5.43. The van der Waals surface area contributed by atoms with E-state index < -0.39 is 0 Å². The Kier molecular flexibility index (Phi) is 7.34. The number of hydrogen-bond donors (Lipinski definition) is 2. The zero-order valence-electron chi connectivity index (χ0n) is 16.4. The number of guanidine groups is 1. The summed E-state index contributed by atoms with van der Waals surface area (Å²) in [7, 11) is 1.87. The van der Waals surface area contributed by atoms with Gasteiger partial charge in [-0.3, -0.25) is 9.89 Å². The number of hydrogen-bond acceptors (Lipinski definition) is 4. The second-order valence-corrected chi connectivity index (χ2v) is 8.74. The molecule has 1 saturated heterocycles. The monoisotopic (exact) mass is 378 g/mol. The van der Waals surface area contributed by atoms with E-state index in [0.717, 1.165) is 38.1 Å². The largest absolute Gasteiger partial charge is 0.376 e. The van der Waals surface area contributed by atoms with Gasteiger partial charge in [0.15, 0.2) is 5.96 Å². The summed E-state index contributed by atoms with van der Waals surface area (Å²) < 4.78 is 5.74. The number of ether oxygens (including phenoxy) is 1. The van der Waals surface area contributed by atoms with Crippen molar-refractivity contribution in [3.05, 3.63) is 22.4 Å². The fourth-order valence-electron chi connectivity index (χ4n) is 4.00. The lowest BCUT2D eigenvalue weighted by molar-refractivity contribution is -0.0334. The highest BCUT2D eigenvalue weighted by atomic mass is 32.1. The lowest BCUT2D eigenvalue weighted by Crippen LogP contribution is -2.49. The molecule has 0 aromatic carbocycles. The molecule has 0 amide bonds. The molecule has 1 aliphatic heterocycles. The second-order valence-electron chi connectivity index (χ2n) is 7.76. The molecule has 6 heteroatoms. The molecule has 1 saturated carbocycles. The van der Waals surface area contributed by atoms with Crippen molar-refractivity contribution in [3.8, 4) is 0 Å². The molecule has 2 aliphatic rings. The number of morpholine rings is 1. The van der Waals surface area contributed by atoms with Crippen molar-refractivity contribution in [2.24, 2.45) is 10.9 Å². The molecule has 2 heterocycles. The summed E-state index contributed by atoms with van der Waals surface area (Å²) in [5.74, 6) is 1.81. The molecule has 2 N–H and O–H groups in total. The Balaban J connectivity index is 1.57. The molecule has 146 valence electrons. The van der Waals surface area contributed by atoms with Gasteiger partial charge in [-0.2, -0.15) is 0 Å². The van der Waals surface area contributed by atoms with Crippen molar-refractivity contribution in [1.82, 2.24) is 15.5 Å². The van der Waals surface area contributed by atoms with Gasteiger partial charge in [0.2, 0.25) is 0 Å². The van der Waals surface area contributed by atoms with Crippen LogP contribution in [0.5, 0.6) is 0 Å². The minimum atomic E-state index is 0.299. The van der Waals surface area contributed by atoms with Crippen molar-refractivity contribution in [2.45, 2.75) is 57.7 Å². The van der Waals surface area contributed by atoms with Gasteiger partial charge in [-0.15, -0.1) is 11.3 Å². The maximum Gasteiger partial charge on any atom is 0.191 e. The van der Waals surface area contributed by atoms with E-state index in [-0.39, 0.29) is 0 Å². The smallest absolute Gasteiger partial charge is 0.191 e. The Morgan fingerprint density at radius 2 is 2.15 bits per heavy atom. The molecule has 2 atom stereocenters. The van der Waals surface area contributed by atoms with Gasteiger partial charge in [0.1, 0.15) is 0 Å². The molecule has 5 nitrogen and oxygen atoms in total. The minimum Gasteiger partial charge on any atom is -0.376 e. The van der Waals surface area contributed by atoms with E-state index in [1.54, 1.807) is 0 Å². The fraction of sp³-hybridized carbons (Fsp3) is 0.750. The Hall–Kier alpha value is -1.11. The summed E-state index contributed by atoms with van der Waals surface area (Å²) in [5.41, 5.74) is 0. The molecule has 0 bridgehead atoms. The highest BCUT2D eigenvalue weighted by molar-refractivity contribution is 7.10. The van der Waals surface area contributed by atoms with E-state index >= 15 is 0 Å². The van der Waals surface area contributed by atoms with Crippen LogP contribution in [0.4, 0.5) is 0 Å². The summed E-state index contributed by atoms with van der Waals surface area (Å²) in [6.45, 7) is 8.18. The predicted octanol–water partition coefficient (Wildman–Crippen LogP) is 3.25. The number of nitrogens with zero attached hydrogens (tertiary/aromatic N) is 2. The van der Waals surface area contributed by atoms with E-state index in [4.69, 9.17) is 4.74 Å². The van der Waals surface area contributed by atoms with E-state index in [9.17, 15) is 0 Å². The van der Waals surface area contributed by atoms with E-state index in [1.807, 2.05) is 18.4 Å². The molecular formula is C20H34N4OS. The highest BCUT2D eigenvalue weighted by Gasteiger charge is 2.27.